The number of aliphatic imine (C=N–C) groups is 1. The molecule has 1 amide bonds. The minimum absolute atomic E-state index is 0. The number of nitrogens with zero attached hydrogens (tertiary/aromatic N) is 4. The summed E-state index contributed by atoms with van der Waals surface area (Å²) in [5, 5.41) is 17.2. The molecule has 0 spiro atoms. The van der Waals surface area contributed by atoms with Crippen LogP contribution >= 0.6 is 24.0 Å². The van der Waals surface area contributed by atoms with Gasteiger partial charge in [0.2, 0.25) is 5.91 Å². The maximum absolute atomic E-state index is 12.0. The molecule has 0 fully saturated rings. The third-order valence-electron chi connectivity index (χ3n) is 3.77. The number of halogens is 1. The zero-order chi connectivity index (χ0) is 18.2. The van der Waals surface area contributed by atoms with Crippen LogP contribution in [0.3, 0.4) is 0 Å². The number of hydrogen-bond donors (Lipinski definition) is 3. The average molecular weight is 479 g/mol. The van der Waals surface area contributed by atoms with Gasteiger partial charge in [-0.05, 0) is 17.7 Å². The van der Waals surface area contributed by atoms with Gasteiger partial charge in [-0.3, -0.25) is 14.2 Å². The molecule has 27 heavy (non-hydrogen) atoms. The molecular weight excluding hydrogens is 457 g/mol. The van der Waals surface area contributed by atoms with Gasteiger partial charge < -0.3 is 16.0 Å². The number of fused-ring (bicyclic) bond motifs is 1. The number of carbonyl (C=O) groups is 1. The molecule has 1 aromatic carbocycles. The zero-order valence-electron chi connectivity index (χ0n) is 14.9. The molecule has 3 rings (SSSR count). The first kappa shape index (κ1) is 20.6. The largest absolute Gasteiger partial charge is 0.350 e. The van der Waals surface area contributed by atoms with E-state index in [1.807, 2.05) is 59.1 Å². The van der Waals surface area contributed by atoms with E-state index >= 15 is 0 Å². The minimum Gasteiger partial charge on any atom is -0.350 e. The lowest BCUT2D eigenvalue weighted by molar-refractivity contribution is -0.120. The number of benzene rings is 1. The van der Waals surface area contributed by atoms with Crippen LogP contribution in [0.15, 0.2) is 59.7 Å². The van der Waals surface area contributed by atoms with Gasteiger partial charge in [-0.25, -0.2) is 0 Å². The van der Waals surface area contributed by atoms with E-state index in [0.717, 1.165) is 17.0 Å². The summed E-state index contributed by atoms with van der Waals surface area (Å²) < 4.78 is 1.90. The molecule has 8 nitrogen and oxygen atoms in total. The lowest BCUT2D eigenvalue weighted by Gasteiger charge is -2.11. The van der Waals surface area contributed by atoms with Crippen molar-refractivity contribution in [1.29, 1.82) is 0 Å². The van der Waals surface area contributed by atoms with Gasteiger partial charge in [0.25, 0.3) is 0 Å². The highest BCUT2D eigenvalue weighted by molar-refractivity contribution is 14.0. The third-order valence-corrected chi connectivity index (χ3v) is 3.77. The van der Waals surface area contributed by atoms with Gasteiger partial charge in [-0.2, -0.15) is 0 Å². The summed E-state index contributed by atoms with van der Waals surface area (Å²) in [6, 6.07) is 15.5. The zero-order valence-corrected chi connectivity index (χ0v) is 17.3. The molecule has 9 heteroatoms. The van der Waals surface area contributed by atoms with Gasteiger partial charge in [0.15, 0.2) is 17.4 Å². The number of hydrogen-bond acceptors (Lipinski definition) is 4. The average Bonchev–Trinajstić information content (AvgIpc) is 3.10. The fourth-order valence-electron chi connectivity index (χ4n) is 2.42. The molecule has 0 atom stereocenters. The Labute approximate surface area is 174 Å². The Kier molecular flexibility index (Phi) is 7.99. The number of rotatable bonds is 6. The summed E-state index contributed by atoms with van der Waals surface area (Å²) in [4.78, 5) is 16.1. The van der Waals surface area contributed by atoms with Gasteiger partial charge in [0.1, 0.15) is 0 Å². The van der Waals surface area contributed by atoms with E-state index in [2.05, 4.69) is 31.1 Å². The Morgan fingerprint density at radius 2 is 1.78 bits per heavy atom. The molecule has 2 aromatic heterocycles. The van der Waals surface area contributed by atoms with E-state index in [4.69, 9.17) is 0 Å². The summed E-state index contributed by atoms with van der Waals surface area (Å²) in [5.74, 6) is 1.18. The van der Waals surface area contributed by atoms with Crippen LogP contribution in [0.1, 0.15) is 11.4 Å². The quantitative estimate of drug-likeness (QED) is 0.282. The van der Waals surface area contributed by atoms with Crippen LogP contribution in [0, 0.1) is 0 Å². The second kappa shape index (κ2) is 10.5. The highest BCUT2D eigenvalue weighted by Gasteiger charge is 2.07. The smallest absolute Gasteiger partial charge is 0.239 e. The number of guanidine groups is 1. The molecule has 2 heterocycles. The first-order valence-corrected chi connectivity index (χ1v) is 8.30. The molecule has 0 aliphatic carbocycles. The summed E-state index contributed by atoms with van der Waals surface area (Å²) in [6.07, 6.45) is 1.90. The lowest BCUT2D eigenvalue weighted by Crippen LogP contribution is -2.42. The SMILES string of the molecule is CN=C(NCC(=O)NCc1ccccc1)NCc1nnc2ccccn12.I. The molecular formula is C18H22IN7O. The summed E-state index contributed by atoms with van der Waals surface area (Å²) in [7, 11) is 1.65. The first-order chi connectivity index (χ1) is 12.8. The van der Waals surface area contributed by atoms with Crippen molar-refractivity contribution in [3.05, 3.63) is 66.1 Å². The number of pyridine rings is 1. The second-order valence-electron chi connectivity index (χ2n) is 5.59. The van der Waals surface area contributed by atoms with E-state index < -0.39 is 0 Å². The number of nitrogens with one attached hydrogen (secondary N) is 3. The monoisotopic (exact) mass is 479 g/mol. The Morgan fingerprint density at radius 1 is 1.00 bits per heavy atom. The molecule has 142 valence electrons. The Hall–Kier alpha value is -2.69. The predicted molar refractivity (Wildman–Crippen MR) is 115 cm³/mol. The van der Waals surface area contributed by atoms with Crippen molar-refractivity contribution in [1.82, 2.24) is 30.5 Å². The van der Waals surface area contributed by atoms with Gasteiger partial charge in [-0.15, -0.1) is 34.2 Å². The van der Waals surface area contributed by atoms with Crippen LogP contribution in [0.2, 0.25) is 0 Å². The second-order valence-corrected chi connectivity index (χ2v) is 5.59. The van der Waals surface area contributed by atoms with Gasteiger partial charge in [0, 0.05) is 19.8 Å². The molecule has 0 aliphatic heterocycles. The Bertz CT molecular complexity index is 895. The van der Waals surface area contributed by atoms with E-state index in [1.165, 1.54) is 0 Å². The molecule has 0 aliphatic rings. The summed E-state index contributed by atoms with van der Waals surface area (Å²) in [6.45, 7) is 1.07. The highest BCUT2D eigenvalue weighted by Crippen LogP contribution is 2.02. The maximum Gasteiger partial charge on any atom is 0.239 e. The predicted octanol–water partition coefficient (Wildman–Crippen LogP) is 1.33. The van der Waals surface area contributed by atoms with Crippen molar-refractivity contribution in [2.24, 2.45) is 4.99 Å². The molecule has 3 aromatic rings. The number of amides is 1. The van der Waals surface area contributed by atoms with Crippen molar-refractivity contribution in [2.45, 2.75) is 13.1 Å². The van der Waals surface area contributed by atoms with Crippen molar-refractivity contribution >= 4 is 41.5 Å². The van der Waals surface area contributed by atoms with E-state index in [9.17, 15) is 4.79 Å². The Morgan fingerprint density at radius 3 is 2.56 bits per heavy atom. The standard InChI is InChI=1S/C18H21N7O.HI/c1-19-18(21-12-16-24-23-15-9-5-6-10-25(15)16)22-13-17(26)20-11-14-7-3-2-4-8-14;/h2-10H,11-13H2,1H3,(H,20,26)(H2,19,21,22);1H. The Balaban J connectivity index is 0.00000261. The van der Waals surface area contributed by atoms with Crippen LogP contribution < -0.4 is 16.0 Å². The van der Waals surface area contributed by atoms with Crippen LogP contribution in [0.25, 0.3) is 5.65 Å². The molecule has 0 bridgehead atoms. The topological polar surface area (TPSA) is 95.7 Å². The summed E-state index contributed by atoms with van der Waals surface area (Å²) >= 11 is 0. The fraction of sp³-hybridized carbons (Fsp3) is 0.222. The van der Waals surface area contributed by atoms with E-state index in [-0.39, 0.29) is 36.4 Å². The van der Waals surface area contributed by atoms with Crippen molar-refractivity contribution in [3.8, 4) is 0 Å². The van der Waals surface area contributed by atoms with E-state index in [0.29, 0.717) is 19.0 Å². The van der Waals surface area contributed by atoms with E-state index in [1.54, 1.807) is 7.05 Å². The van der Waals surface area contributed by atoms with Gasteiger partial charge in [0.05, 0.1) is 13.1 Å². The molecule has 0 saturated carbocycles. The van der Waals surface area contributed by atoms with Crippen LogP contribution in [-0.4, -0.2) is 40.1 Å². The highest BCUT2D eigenvalue weighted by atomic mass is 127. The molecule has 0 unspecified atom stereocenters. The first-order valence-electron chi connectivity index (χ1n) is 8.30. The van der Waals surface area contributed by atoms with Crippen LogP contribution in [0.5, 0.6) is 0 Å². The van der Waals surface area contributed by atoms with Crippen LogP contribution in [0.4, 0.5) is 0 Å². The van der Waals surface area contributed by atoms with Gasteiger partial charge in [-0.1, -0.05) is 36.4 Å². The third kappa shape index (κ3) is 5.91. The number of aromatic nitrogens is 3. The van der Waals surface area contributed by atoms with Gasteiger partial charge >= 0.3 is 0 Å². The van der Waals surface area contributed by atoms with Crippen LogP contribution in [-0.2, 0) is 17.9 Å². The van der Waals surface area contributed by atoms with Crippen molar-refractivity contribution in [2.75, 3.05) is 13.6 Å². The maximum atomic E-state index is 12.0. The molecule has 0 radical (unpaired) electrons. The fourth-order valence-corrected chi connectivity index (χ4v) is 2.42. The normalized spacial score (nSPS) is 10.9. The molecule has 0 saturated heterocycles. The van der Waals surface area contributed by atoms with Crippen molar-refractivity contribution < 1.29 is 4.79 Å². The summed E-state index contributed by atoms with van der Waals surface area (Å²) in [5.41, 5.74) is 1.84. The number of carbonyl (C=O) groups excluding carboxylic acids is 1. The lowest BCUT2D eigenvalue weighted by atomic mass is 10.2. The van der Waals surface area contributed by atoms with Crippen molar-refractivity contribution in [3.63, 3.8) is 0 Å². The minimum atomic E-state index is -0.107. The molecule has 3 N–H and O–H groups in total.